The summed E-state index contributed by atoms with van der Waals surface area (Å²) in [4.78, 5) is 2.13. The van der Waals surface area contributed by atoms with Crippen molar-refractivity contribution in [1.29, 1.82) is 0 Å². The molecule has 0 unspecified atom stereocenters. The summed E-state index contributed by atoms with van der Waals surface area (Å²) in [5, 5.41) is 0. The zero-order valence-electron chi connectivity index (χ0n) is 11.7. The monoisotopic (exact) mass is 268 g/mol. The lowest BCUT2D eigenvalue weighted by Crippen LogP contribution is -2.30. The molecule has 1 aromatic rings. The number of benzene rings is 1. The SMILES string of the molecule is C=C/C1=C(C=C)/C(NN)=C(/N)c2ccccc2N(C)C1. The number of likely N-dealkylation sites (N-methyl/N-ethyl adjacent to an activating group) is 1. The van der Waals surface area contributed by atoms with E-state index in [1.165, 1.54) is 0 Å². The molecular formula is C16H20N4. The molecule has 1 aromatic carbocycles. The van der Waals surface area contributed by atoms with Crippen molar-refractivity contribution in [2.24, 2.45) is 11.6 Å². The average molecular weight is 268 g/mol. The summed E-state index contributed by atoms with van der Waals surface area (Å²) in [6.07, 6.45) is 3.56. The van der Waals surface area contributed by atoms with Crippen LogP contribution in [0.15, 0.2) is 66.4 Å². The number of nitrogens with one attached hydrogen (secondary N) is 1. The van der Waals surface area contributed by atoms with Crippen LogP contribution in [0.3, 0.4) is 0 Å². The highest BCUT2D eigenvalue weighted by atomic mass is 15.2. The van der Waals surface area contributed by atoms with Crippen molar-refractivity contribution in [3.63, 3.8) is 0 Å². The van der Waals surface area contributed by atoms with Crippen molar-refractivity contribution in [3.8, 4) is 0 Å². The number of hydrogen-bond donors (Lipinski definition) is 3. The Kier molecular flexibility index (Phi) is 3.96. The number of anilines is 1. The number of rotatable bonds is 3. The molecule has 1 aliphatic rings. The van der Waals surface area contributed by atoms with Gasteiger partial charge in [0.15, 0.2) is 0 Å². The molecule has 0 saturated carbocycles. The lowest BCUT2D eigenvalue weighted by Gasteiger charge is -2.28. The Morgan fingerprint density at radius 2 is 1.95 bits per heavy atom. The first-order valence-corrected chi connectivity index (χ1v) is 6.39. The lowest BCUT2D eigenvalue weighted by molar-refractivity contribution is 0.886. The third-order valence-electron chi connectivity index (χ3n) is 3.49. The first kappa shape index (κ1) is 14.0. The van der Waals surface area contributed by atoms with Gasteiger partial charge in [-0.3, -0.25) is 5.84 Å². The van der Waals surface area contributed by atoms with E-state index in [-0.39, 0.29) is 0 Å². The van der Waals surface area contributed by atoms with Crippen molar-refractivity contribution in [2.75, 3.05) is 18.5 Å². The van der Waals surface area contributed by atoms with Gasteiger partial charge in [-0.05, 0) is 11.6 Å². The third kappa shape index (κ3) is 2.21. The predicted molar refractivity (Wildman–Crippen MR) is 85.6 cm³/mol. The summed E-state index contributed by atoms with van der Waals surface area (Å²) in [5.41, 5.74) is 14.2. The number of nitrogens with zero attached hydrogens (tertiary/aromatic N) is 1. The van der Waals surface area contributed by atoms with Crippen LogP contribution >= 0.6 is 0 Å². The molecule has 0 saturated heterocycles. The maximum Gasteiger partial charge on any atom is 0.0799 e. The van der Waals surface area contributed by atoms with Crippen molar-refractivity contribution < 1.29 is 0 Å². The van der Waals surface area contributed by atoms with Gasteiger partial charge in [-0.15, -0.1) is 0 Å². The normalized spacial score (nSPS) is 22.6. The van der Waals surface area contributed by atoms with Gasteiger partial charge in [0.05, 0.1) is 11.4 Å². The maximum absolute atomic E-state index is 6.31. The molecule has 0 spiro atoms. The van der Waals surface area contributed by atoms with Gasteiger partial charge < -0.3 is 16.1 Å². The van der Waals surface area contributed by atoms with Gasteiger partial charge >= 0.3 is 0 Å². The van der Waals surface area contributed by atoms with E-state index < -0.39 is 0 Å². The van der Waals surface area contributed by atoms with Gasteiger partial charge in [0, 0.05) is 30.4 Å². The van der Waals surface area contributed by atoms with E-state index >= 15 is 0 Å². The quantitative estimate of drug-likeness (QED) is 0.578. The molecule has 0 amide bonds. The second-order valence-corrected chi connectivity index (χ2v) is 4.65. The number of hydrogen-bond acceptors (Lipinski definition) is 4. The van der Waals surface area contributed by atoms with E-state index in [2.05, 4.69) is 23.5 Å². The number of nitrogens with two attached hydrogens (primary N) is 2. The Bertz CT molecular complexity index is 611. The van der Waals surface area contributed by atoms with E-state index in [1.807, 2.05) is 37.4 Å². The van der Waals surface area contributed by atoms with Crippen LogP contribution in [0.1, 0.15) is 5.56 Å². The first-order valence-electron chi connectivity index (χ1n) is 6.39. The molecule has 0 aliphatic carbocycles. The topological polar surface area (TPSA) is 67.3 Å². The number of para-hydroxylation sites is 1. The molecule has 4 heteroatoms. The Labute approximate surface area is 119 Å². The van der Waals surface area contributed by atoms with Crippen molar-refractivity contribution in [2.45, 2.75) is 0 Å². The average Bonchev–Trinajstić information content (AvgIpc) is 2.48. The Balaban J connectivity index is 2.80. The van der Waals surface area contributed by atoms with E-state index in [1.54, 1.807) is 6.08 Å². The second kappa shape index (κ2) is 5.67. The summed E-state index contributed by atoms with van der Waals surface area (Å²) < 4.78 is 0. The third-order valence-corrected chi connectivity index (χ3v) is 3.49. The number of allylic oxidation sites excluding steroid dienone is 1. The fraction of sp³-hybridized carbons (Fsp3) is 0.125. The maximum atomic E-state index is 6.31. The Hall–Kier alpha value is -2.46. The summed E-state index contributed by atoms with van der Waals surface area (Å²) in [6.45, 7) is 8.44. The van der Waals surface area contributed by atoms with Crippen molar-refractivity contribution in [1.82, 2.24) is 5.43 Å². The van der Waals surface area contributed by atoms with Gasteiger partial charge in [0.25, 0.3) is 0 Å². The molecule has 1 aliphatic heterocycles. The van der Waals surface area contributed by atoms with E-state index in [0.717, 1.165) is 22.4 Å². The molecule has 104 valence electrons. The van der Waals surface area contributed by atoms with Gasteiger partial charge in [0.1, 0.15) is 0 Å². The number of fused-ring (bicyclic) bond motifs is 1. The highest BCUT2D eigenvalue weighted by Gasteiger charge is 2.19. The van der Waals surface area contributed by atoms with Crippen molar-refractivity contribution >= 4 is 11.4 Å². The van der Waals surface area contributed by atoms with Crippen LogP contribution in [0, 0.1) is 0 Å². The Morgan fingerprint density at radius 3 is 2.55 bits per heavy atom. The Morgan fingerprint density at radius 1 is 1.25 bits per heavy atom. The van der Waals surface area contributed by atoms with Crippen LogP contribution < -0.4 is 21.9 Å². The van der Waals surface area contributed by atoms with E-state index in [4.69, 9.17) is 11.6 Å². The molecule has 0 bridgehead atoms. The first-order chi connectivity index (χ1) is 9.63. The standard InChI is InChI=1S/C16H20N4/c1-4-11-10-20(3)14-9-7-6-8-13(14)15(17)16(19-18)12(11)5-2/h4-9,19H,1-2,10,17-18H2,3H3/b12-11-,16-15-. The molecule has 2 rings (SSSR count). The minimum Gasteiger partial charge on any atom is -0.396 e. The molecular weight excluding hydrogens is 248 g/mol. The zero-order valence-corrected chi connectivity index (χ0v) is 11.7. The van der Waals surface area contributed by atoms with Crippen LogP contribution in [0.2, 0.25) is 0 Å². The van der Waals surface area contributed by atoms with Crippen LogP contribution in [0.4, 0.5) is 5.69 Å². The molecule has 5 N–H and O–H groups in total. The van der Waals surface area contributed by atoms with Gasteiger partial charge in [-0.2, -0.15) is 0 Å². The van der Waals surface area contributed by atoms with E-state index in [0.29, 0.717) is 17.9 Å². The number of hydrazine groups is 1. The lowest BCUT2D eigenvalue weighted by atomic mass is 9.96. The van der Waals surface area contributed by atoms with Gasteiger partial charge in [-0.25, -0.2) is 0 Å². The van der Waals surface area contributed by atoms with Crippen molar-refractivity contribution in [3.05, 3.63) is 72.0 Å². The molecule has 20 heavy (non-hydrogen) atoms. The molecule has 0 atom stereocenters. The summed E-state index contributed by atoms with van der Waals surface area (Å²) >= 11 is 0. The summed E-state index contributed by atoms with van der Waals surface area (Å²) in [7, 11) is 2.02. The van der Waals surface area contributed by atoms with E-state index in [9.17, 15) is 0 Å². The minimum atomic E-state index is 0.601. The molecule has 0 radical (unpaired) electrons. The fourth-order valence-corrected chi connectivity index (χ4v) is 2.46. The molecule has 4 nitrogen and oxygen atoms in total. The second-order valence-electron chi connectivity index (χ2n) is 4.65. The minimum absolute atomic E-state index is 0.601. The molecule has 0 fully saturated rings. The van der Waals surface area contributed by atoms with Crippen LogP contribution in [-0.4, -0.2) is 13.6 Å². The molecule has 1 heterocycles. The highest BCUT2D eigenvalue weighted by Crippen LogP contribution is 2.31. The summed E-state index contributed by atoms with van der Waals surface area (Å²) in [6, 6.07) is 7.97. The smallest absolute Gasteiger partial charge is 0.0799 e. The summed E-state index contributed by atoms with van der Waals surface area (Å²) in [5.74, 6) is 5.67. The molecule has 0 aromatic heterocycles. The van der Waals surface area contributed by atoms with Crippen LogP contribution in [0.25, 0.3) is 5.70 Å². The highest BCUT2D eigenvalue weighted by molar-refractivity contribution is 5.81. The van der Waals surface area contributed by atoms with Gasteiger partial charge in [-0.1, -0.05) is 43.5 Å². The fourth-order valence-electron chi connectivity index (χ4n) is 2.46. The van der Waals surface area contributed by atoms with Crippen LogP contribution in [0.5, 0.6) is 0 Å². The largest absolute Gasteiger partial charge is 0.396 e. The zero-order chi connectivity index (χ0) is 14.7. The predicted octanol–water partition coefficient (Wildman–Crippen LogP) is 1.90. The van der Waals surface area contributed by atoms with Crippen LogP contribution in [-0.2, 0) is 0 Å². The van der Waals surface area contributed by atoms with Gasteiger partial charge in [0.2, 0.25) is 0 Å².